The Morgan fingerprint density at radius 3 is 2.76 bits per heavy atom. The number of pyridine rings is 1. The molecule has 0 fully saturated rings. The van der Waals surface area contributed by atoms with Crippen LogP contribution in [0.2, 0.25) is 0 Å². The number of nitrogens with two attached hydrogens (primary N) is 2. The molecule has 0 spiro atoms. The van der Waals surface area contributed by atoms with Gasteiger partial charge in [0.25, 0.3) is 0 Å². The standard InChI is InChI=1S/C14H19N7/c1-7(2)9-5-18-13-8(3-4-17-13)11(9)20-10-6-19-14(16)21-12(10)15/h5-7H,3-4H2,1-2H3,(H2,17,18,20)(H4,15,16,19,21). The predicted octanol–water partition coefficient (Wildman–Crippen LogP) is 1.87. The van der Waals surface area contributed by atoms with E-state index in [1.165, 1.54) is 5.56 Å². The van der Waals surface area contributed by atoms with E-state index in [-0.39, 0.29) is 5.95 Å². The molecule has 110 valence electrons. The summed E-state index contributed by atoms with van der Waals surface area (Å²) in [5, 5.41) is 6.65. The fraction of sp³-hybridized carbons (Fsp3) is 0.357. The molecule has 0 bridgehead atoms. The lowest BCUT2D eigenvalue weighted by Crippen LogP contribution is -2.07. The highest BCUT2D eigenvalue weighted by Crippen LogP contribution is 2.36. The summed E-state index contributed by atoms with van der Waals surface area (Å²) in [6, 6.07) is 0. The van der Waals surface area contributed by atoms with Crippen LogP contribution in [0.15, 0.2) is 12.4 Å². The van der Waals surface area contributed by atoms with Crippen molar-refractivity contribution in [1.29, 1.82) is 0 Å². The maximum Gasteiger partial charge on any atom is 0.222 e. The average molecular weight is 285 g/mol. The van der Waals surface area contributed by atoms with Crippen LogP contribution in [-0.4, -0.2) is 21.5 Å². The predicted molar refractivity (Wildman–Crippen MR) is 84.7 cm³/mol. The van der Waals surface area contributed by atoms with E-state index in [0.717, 1.165) is 30.0 Å². The van der Waals surface area contributed by atoms with Gasteiger partial charge in [-0.2, -0.15) is 4.98 Å². The molecule has 0 atom stereocenters. The molecule has 7 nitrogen and oxygen atoms in total. The van der Waals surface area contributed by atoms with Crippen molar-refractivity contribution < 1.29 is 0 Å². The number of hydrogen-bond acceptors (Lipinski definition) is 7. The number of nitrogens with zero attached hydrogens (tertiary/aromatic N) is 3. The van der Waals surface area contributed by atoms with Gasteiger partial charge in [0.1, 0.15) is 11.5 Å². The van der Waals surface area contributed by atoms with Crippen LogP contribution >= 0.6 is 0 Å². The van der Waals surface area contributed by atoms with E-state index in [0.29, 0.717) is 17.4 Å². The molecule has 3 rings (SSSR count). The van der Waals surface area contributed by atoms with Gasteiger partial charge in [0.15, 0.2) is 5.82 Å². The van der Waals surface area contributed by atoms with E-state index >= 15 is 0 Å². The molecule has 0 unspecified atom stereocenters. The Balaban J connectivity index is 2.06. The van der Waals surface area contributed by atoms with Gasteiger partial charge in [-0.05, 0) is 17.9 Å². The molecule has 2 aromatic heterocycles. The summed E-state index contributed by atoms with van der Waals surface area (Å²) in [4.78, 5) is 12.5. The smallest absolute Gasteiger partial charge is 0.222 e. The third-order valence-electron chi connectivity index (χ3n) is 3.60. The van der Waals surface area contributed by atoms with Crippen molar-refractivity contribution in [2.24, 2.45) is 0 Å². The van der Waals surface area contributed by atoms with Crippen molar-refractivity contribution in [2.75, 3.05) is 28.6 Å². The molecule has 0 saturated carbocycles. The van der Waals surface area contributed by atoms with Crippen molar-refractivity contribution in [2.45, 2.75) is 26.2 Å². The highest BCUT2D eigenvalue weighted by molar-refractivity contribution is 5.77. The summed E-state index contributed by atoms with van der Waals surface area (Å²) in [6.45, 7) is 5.17. The van der Waals surface area contributed by atoms with Crippen molar-refractivity contribution >= 4 is 29.0 Å². The van der Waals surface area contributed by atoms with E-state index < -0.39 is 0 Å². The first-order chi connectivity index (χ1) is 10.1. The molecule has 0 radical (unpaired) electrons. The maximum absolute atomic E-state index is 5.92. The summed E-state index contributed by atoms with van der Waals surface area (Å²) in [6.07, 6.45) is 4.44. The highest BCUT2D eigenvalue weighted by Gasteiger charge is 2.21. The average Bonchev–Trinajstić information content (AvgIpc) is 2.90. The zero-order chi connectivity index (χ0) is 15.0. The first-order valence-corrected chi connectivity index (χ1v) is 6.97. The fourth-order valence-corrected chi connectivity index (χ4v) is 2.50. The second kappa shape index (κ2) is 5.08. The van der Waals surface area contributed by atoms with Crippen molar-refractivity contribution in [3.63, 3.8) is 0 Å². The molecule has 2 aromatic rings. The molecule has 3 heterocycles. The Kier molecular flexibility index (Phi) is 3.25. The molecular weight excluding hydrogens is 266 g/mol. The monoisotopic (exact) mass is 285 g/mol. The lowest BCUT2D eigenvalue weighted by atomic mass is 9.99. The molecular formula is C14H19N7. The summed E-state index contributed by atoms with van der Waals surface area (Å²) < 4.78 is 0. The summed E-state index contributed by atoms with van der Waals surface area (Å²) in [5.41, 5.74) is 15.5. The van der Waals surface area contributed by atoms with E-state index in [1.54, 1.807) is 6.20 Å². The van der Waals surface area contributed by atoms with Gasteiger partial charge in [0.05, 0.1) is 11.9 Å². The SMILES string of the molecule is CC(C)c1cnc2c(c1Nc1cnc(N)nc1N)CCN2. The van der Waals surface area contributed by atoms with Gasteiger partial charge in [0.2, 0.25) is 5.95 Å². The summed E-state index contributed by atoms with van der Waals surface area (Å²) in [5.74, 6) is 1.79. The van der Waals surface area contributed by atoms with Crippen LogP contribution in [0, 0.1) is 0 Å². The number of nitrogen functional groups attached to an aromatic ring is 2. The largest absolute Gasteiger partial charge is 0.382 e. The quantitative estimate of drug-likeness (QED) is 0.680. The van der Waals surface area contributed by atoms with Crippen molar-refractivity contribution in [1.82, 2.24) is 15.0 Å². The van der Waals surface area contributed by atoms with Crippen molar-refractivity contribution in [3.8, 4) is 0 Å². The first kappa shape index (κ1) is 13.4. The summed E-state index contributed by atoms with van der Waals surface area (Å²) >= 11 is 0. The van der Waals surface area contributed by atoms with Gasteiger partial charge < -0.3 is 22.1 Å². The molecule has 6 N–H and O–H groups in total. The number of anilines is 5. The summed E-state index contributed by atoms with van der Waals surface area (Å²) in [7, 11) is 0. The molecule has 0 aromatic carbocycles. The lowest BCUT2D eigenvalue weighted by Gasteiger charge is -2.18. The van der Waals surface area contributed by atoms with Gasteiger partial charge in [-0.3, -0.25) is 0 Å². The van der Waals surface area contributed by atoms with Gasteiger partial charge >= 0.3 is 0 Å². The highest BCUT2D eigenvalue weighted by atomic mass is 15.1. The third-order valence-corrected chi connectivity index (χ3v) is 3.60. The van der Waals surface area contributed by atoms with Crippen LogP contribution in [-0.2, 0) is 6.42 Å². The number of fused-ring (bicyclic) bond motifs is 1. The second-order valence-corrected chi connectivity index (χ2v) is 5.40. The topological polar surface area (TPSA) is 115 Å². The number of aromatic nitrogens is 3. The zero-order valence-corrected chi connectivity index (χ0v) is 12.1. The first-order valence-electron chi connectivity index (χ1n) is 6.97. The minimum Gasteiger partial charge on any atom is -0.382 e. The van der Waals surface area contributed by atoms with E-state index in [2.05, 4.69) is 39.4 Å². The van der Waals surface area contributed by atoms with E-state index in [9.17, 15) is 0 Å². The van der Waals surface area contributed by atoms with Gasteiger partial charge in [-0.1, -0.05) is 13.8 Å². The molecule has 0 amide bonds. The maximum atomic E-state index is 5.92. The van der Waals surface area contributed by atoms with Crippen molar-refractivity contribution in [3.05, 3.63) is 23.5 Å². The second-order valence-electron chi connectivity index (χ2n) is 5.40. The van der Waals surface area contributed by atoms with E-state index in [1.807, 2.05) is 6.20 Å². The van der Waals surface area contributed by atoms with Gasteiger partial charge in [-0.15, -0.1) is 0 Å². The van der Waals surface area contributed by atoms with Crippen LogP contribution in [0.1, 0.15) is 30.9 Å². The van der Waals surface area contributed by atoms with Gasteiger partial charge in [-0.25, -0.2) is 9.97 Å². The molecule has 1 aliphatic heterocycles. The number of hydrogen-bond donors (Lipinski definition) is 4. The van der Waals surface area contributed by atoms with Crippen LogP contribution in [0.5, 0.6) is 0 Å². The van der Waals surface area contributed by atoms with E-state index in [4.69, 9.17) is 11.5 Å². The molecule has 1 aliphatic rings. The molecule has 7 heteroatoms. The minimum atomic E-state index is 0.170. The Labute approximate surface area is 123 Å². The van der Waals surface area contributed by atoms with Crippen LogP contribution in [0.25, 0.3) is 0 Å². The third kappa shape index (κ3) is 2.42. The van der Waals surface area contributed by atoms with Crippen LogP contribution in [0.3, 0.4) is 0 Å². The molecule has 0 saturated heterocycles. The number of rotatable bonds is 3. The Morgan fingerprint density at radius 1 is 1.24 bits per heavy atom. The fourth-order valence-electron chi connectivity index (χ4n) is 2.50. The molecule has 21 heavy (non-hydrogen) atoms. The Hall–Kier alpha value is -2.57. The Morgan fingerprint density at radius 2 is 2.05 bits per heavy atom. The normalized spacial score (nSPS) is 13.1. The zero-order valence-electron chi connectivity index (χ0n) is 12.1. The minimum absolute atomic E-state index is 0.170. The van der Waals surface area contributed by atoms with Crippen LogP contribution < -0.4 is 22.1 Å². The van der Waals surface area contributed by atoms with Gasteiger partial charge in [0, 0.05) is 18.3 Å². The lowest BCUT2D eigenvalue weighted by molar-refractivity contribution is 0.859. The Bertz CT molecular complexity index is 681. The molecule has 0 aliphatic carbocycles. The van der Waals surface area contributed by atoms with Crippen LogP contribution in [0.4, 0.5) is 29.0 Å². The number of nitrogens with one attached hydrogen (secondary N) is 2.